The molecule has 1 aromatic rings. The molecule has 134 valence electrons. The third-order valence-corrected chi connectivity index (χ3v) is 3.63. The predicted molar refractivity (Wildman–Crippen MR) is 89.2 cm³/mol. The van der Waals surface area contributed by atoms with Crippen LogP contribution >= 0.6 is 0 Å². The molecule has 0 saturated heterocycles. The van der Waals surface area contributed by atoms with Gasteiger partial charge in [-0.25, -0.2) is 0 Å². The number of ether oxygens (including phenoxy) is 1. The maximum Gasteiger partial charge on any atom is 0.310 e. The van der Waals surface area contributed by atoms with Crippen LogP contribution in [0.5, 0.6) is 11.5 Å². The van der Waals surface area contributed by atoms with Crippen LogP contribution in [0, 0.1) is 0 Å². The van der Waals surface area contributed by atoms with Crippen molar-refractivity contribution in [1.29, 1.82) is 0 Å². The van der Waals surface area contributed by atoms with Crippen molar-refractivity contribution in [2.24, 2.45) is 0 Å². The molecular formula is C18H26O6. The smallest absolute Gasteiger partial charge is 0.310 e. The Balaban J connectivity index is 2.77. The number of aromatic hydroxyl groups is 2. The lowest BCUT2D eigenvalue weighted by atomic mass is 9.96. The highest BCUT2D eigenvalue weighted by Gasteiger charge is 2.20. The summed E-state index contributed by atoms with van der Waals surface area (Å²) >= 11 is 0. The lowest BCUT2D eigenvalue weighted by Gasteiger charge is -2.11. The van der Waals surface area contributed by atoms with Crippen molar-refractivity contribution in [3.8, 4) is 11.5 Å². The number of phenols is 2. The molecule has 6 nitrogen and oxygen atoms in total. The Morgan fingerprint density at radius 1 is 1.17 bits per heavy atom. The molecule has 0 aliphatic rings. The minimum atomic E-state index is -0.520. The summed E-state index contributed by atoms with van der Waals surface area (Å²) in [6.45, 7) is 3.62. The molecule has 0 bridgehead atoms. The van der Waals surface area contributed by atoms with Gasteiger partial charge in [0.25, 0.3) is 0 Å². The number of benzene rings is 1. The van der Waals surface area contributed by atoms with Gasteiger partial charge in [0.15, 0.2) is 5.78 Å². The number of carbonyl (C=O) groups is 2. The zero-order valence-electron chi connectivity index (χ0n) is 14.2. The second kappa shape index (κ2) is 9.93. The van der Waals surface area contributed by atoms with Crippen molar-refractivity contribution < 1.29 is 29.6 Å². The van der Waals surface area contributed by atoms with Crippen LogP contribution in [0.3, 0.4) is 0 Å². The first-order valence-corrected chi connectivity index (χ1v) is 8.26. The molecule has 0 amide bonds. The summed E-state index contributed by atoms with van der Waals surface area (Å²) < 4.78 is 4.86. The van der Waals surface area contributed by atoms with Gasteiger partial charge in [-0.15, -0.1) is 0 Å². The molecule has 1 rings (SSSR count). The van der Waals surface area contributed by atoms with Crippen LogP contribution in [0.15, 0.2) is 12.1 Å². The average molecular weight is 338 g/mol. The normalized spacial score (nSPS) is 12.0. The van der Waals surface area contributed by atoms with E-state index >= 15 is 0 Å². The molecule has 0 spiro atoms. The highest BCUT2D eigenvalue weighted by atomic mass is 16.5. The fraction of sp³-hybridized carbons (Fsp3) is 0.556. The molecule has 0 unspecified atom stereocenters. The largest absolute Gasteiger partial charge is 0.508 e. The minimum Gasteiger partial charge on any atom is -0.508 e. The number of unbranched alkanes of at least 4 members (excludes halogenated alkanes) is 2. The monoisotopic (exact) mass is 338 g/mol. The third-order valence-electron chi connectivity index (χ3n) is 3.63. The second-order valence-electron chi connectivity index (χ2n) is 5.85. The molecule has 0 aliphatic carbocycles. The first-order chi connectivity index (χ1) is 11.3. The molecule has 1 aromatic carbocycles. The summed E-state index contributed by atoms with van der Waals surface area (Å²) in [4.78, 5) is 24.0. The van der Waals surface area contributed by atoms with Crippen LogP contribution in [0.25, 0.3) is 0 Å². The average Bonchev–Trinajstić information content (AvgIpc) is 2.45. The Labute approximate surface area is 142 Å². The van der Waals surface area contributed by atoms with Gasteiger partial charge in [0.2, 0.25) is 0 Å². The highest BCUT2D eigenvalue weighted by molar-refractivity contribution is 6.01. The van der Waals surface area contributed by atoms with E-state index in [0.717, 1.165) is 18.9 Å². The number of rotatable bonds is 10. The van der Waals surface area contributed by atoms with Crippen molar-refractivity contribution >= 4 is 11.8 Å². The van der Waals surface area contributed by atoms with Crippen LogP contribution in [-0.2, 0) is 16.0 Å². The Morgan fingerprint density at radius 3 is 2.50 bits per heavy atom. The van der Waals surface area contributed by atoms with E-state index in [4.69, 9.17) is 4.74 Å². The lowest BCUT2D eigenvalue weighted by molar-refractivity contribution is -0.142. The van der Waals surface area contributed by atoms with Crippen molar-refractivity contribution in [3.05, 3.63) is 23.3 Å². The van der Waals surface area contributed by atoms with E-state index in [1.54, 1.807) is 13.8 Å². The predicted octanol–water partition coefficient (Wildman–Crippen LogP) is 2.72. The summed E-state index contributed by atoms with van der Waals surface area (Å²) in [7, 11) is 0. The summed E-state index contributed by atoms with van der Waals surface area (Å²) in [5, 5.41) is 28.8. The number of carbonyl (C=O) groups excluding carboxylic acids is 2. The number of hydrogen-bond donors (Lipinski definition) is 3. The first kappa shape index (κ1) is 20.0. The molecule has 0 radical (unpaired) electrons. The van der Waals surface area contributed by atoms with Gasteiger partial charge < -0.3 is 20.1 Å². The van der Waals surface area contributed by atoms with Gasteiger partial charge in [-0.2, -0.15) is 0 Å². The minimum absolute atomic E-state index is 0.0661. The molecule has 6 heteroatoms. The van der Waals surface area contributed by atoms with Gasteiger partial charge in [0.05, 0.1) is 24.7 Å². The summed E-state index contributed by atoms with van der Waals surface area (Å²) in [5.74, 6) is -1.33. The van der Waals surface area contributed by atoms with E-state index in [1.807, 2.05) is 0 Å². The van der Waals surface area contributed by atoms with E-state index in [2.05, 4.69) is 0 Å². The van der Waals surface area contributed by atoms with Crippen molar-refractivity contribution in [3.63, 3.8) is 0 Å². The second-order valence-corrected chi connectivity index (χ2v) is 5.85. The number of Topliss-reactive ketones (excluding diaryl/α,β-unsaturated/α-hetero) is 1. The molecule has 0 aliphatic heterocycles. The summed E-state index contributed by atoms with van der Waals surface area (Å²) in [6, 6.07) is 2.40. The number of esters is 1. The molecule has 1 atom stereocenters. The zero-order chi connectivity index (χ0) is 18.1. The lowest BCUT2D eigenvalue weighted by Crippen LogP contribution is -2.12. The topological polar surface area (TPSA) is 104 Å². The van der Waals surface area contributed by atoms with Crippen LogP contribution < -0.4 is 0 Å². The quantitative estimate of drug-likeness (QED) is 0.344. The molecule has 3 N–H and O–H groups in total. The zero-order valence-corrected chi connectivity index (χ0v) is 14.2. The van der Waals surface area contributed by atoms with Crippen molar-refractivity contribution in [2.75, 3.05) is 6.61 Å². The number of phenolic OH excluding ortho intramolecular Hbond substituents is 2. The number of aliphatic hydroxyl groups excluding tert-OH is 1. The Hall–Kier alpha value is -2.08. The van der Waals surface area contributed by atoms with Crippen molar-refractivity contribution in [2.45, 2.75) is 58.5 Å². The molecule has 0 saturated carbocycles. The third kappa shape index (κ3) is 6.58. The van der Waals surface area contributed by atoms with E-state index in [0.29, 0.717) is 12.8 Å². The number of ketones is 1. The Bertz CT molecular complexity index is 565. The molecule has 0 heterocycles. The number of aliphatic hydroxyl groups is 1. The maximum atomic E-state index is 12.4. The summed E-state index contributed by atoms with van der Waals surface area (Å²) in [6.07, 6.45) is 2.63. The van der Waals surface area contributed by atoms with Gasteiger partial charge in [-0.05, 0) is 38.3 Å². The van der Waals surface area contributed by atoms with Gasteiger partial charge in [0.1, 0.15) is 11.5 Å². The van der Waals surface area contributed by atoms with Gasteiger partial charge >= 0.3 is 5.97 Å². The van der Waals surface area contributed by atoms with Gasteiger partial charge in [-0.3, -0.25) is 9.59 Å². The Kier molecular flexibility index (Phi) is 8.26. The highest BCUT2D eigenvalue weighted by Crippen LogP contribution is 2.29. The van der Waals surface area contributed by atoms with E-state index in [-0.39, 0.29) is 54.0 Å². The molecule has 0 aromatic heterocycles. The van der Waals surface area contributed by atoms with Crippen LogP contribution in [-0.4, -0.2) is 39.8 Å². The van der Waals surface area contributed by atoms with Crippen LogP contribution in [0.2, 0.25) is 0 Å². The van der Waals surface area contributed by atoms with E-state index in [1.165, 1.54) is 6.07 Å². The fourth-order valence-electron chi connectivity index (χ4n) is 2.53. The maximum absolute atomic E-state index is 12.4. The van der Waals surface area contributed by atoms with Crippen LogP contribution in [0.1, 0.15) is 61.9 Å². The van der Waals surface area contributed by atoms with Gasteiger partial charge in [-0.1, -0.05) is 12.8 Å². The summed E-state index contributed by atoms with van der Waals surface area (Å²) in [5.41, 5.74) is 0.330. The first-order valence-electron chi connectivity index (χ1n) is 8.26. The fourth-order valence-corrected chi connectivity index (χ4v) is 2.53. The van der Waals surface area contributed by atoms with E-state index < -0.39 is 5.97 Å². The standard InChI is InChI=1S/C18H26O6/c1-3-24-17(23)10-13-9-14(20)11-16(22)18(13)15(21)8-6-4-5-7-12(2)19/h9,11-12,19-20,22H,3-8,10H2,1-2H3/t12-/m1/s1. The number of hydrogen-bond acceptors (Lipinski definition) is 6. The van der Waals surface area contributed by atoms with Gasteiger partial charge in [0, 0.05) is 12.5 Å². The van der Waals surface area contributed by atoms with Crippen molar-refractivity contribution in [1.82, 2.24) is 0 Å². The molecule has 0 fully saturated rings. The molecule has 24 heavy (non-hydrogen) atoms. The molecular weight excluding hydrogens is 312 g/mol. The van der Waals surface area contributed by atoms with E-state index in [9.17, 15) is 24.9 Å². The van der Waals surface area contributed by atoms with Crippen LogP contribution in [0.4, 0.5) is 0 Å². The SMILES string of the molecule is CCOC(=O)Cc1cc(O)cc(O)c1C(=O)CCCCC[C@@H](C)O. The Morgan fingerprint density at radius 2 is 1.88 bits per heavy atom.